The normalized spacial score (nSPS) is 12.4. The van der Waals surface area contributed by atoms with Gasteiger partial charge >= 0.3 is 5.97 Å². The minimum atomic E-state index is -0.917. The molecule has 0 fully saturated rings. The molecule has 0 aliphatic rings. The molecule has 1 rings (SSSR count). The number of esters is 1. The summed E-state index contributed by atoms with van der Waals surface area (Å²) < 4.78 is 5.24. The molecule has 0 saturated heterocycles. The van der Waals surface area contributed by atoms with Crippen molar-refractivity contribution in [2.75, 3.05) is 20.6 Å². The number of benzene rings is 1. The van der Waals surface area contributed by atoms with E-state index in [9.17, 15) is 24.4 Å². The molecule has 0 aromatic heterocycles. The molecule has 0 aliphatic heterocycles. The predicted molar refractivity (Wildman–Crippen MR) is 114 cm³/mol. The van der Waals surface area contributed by atoms with Gasteiger partial charge in [0.15, 0.2) is 0 Å². The predicted octanol–water partition coefficient (Wildman–Crippen LogP) is 1.74. The van der Waals surface area contributed by atoms with Crippen molar-refractivity contribution in [1.82, 2.24) is 15.3 Å². The second-order valence-electron chi connectivity index (χ2n) is 7.55. The second-order valence-corrected chi connectivity index (χ2v) is 7.55. The molecule has 1 aromatic rings. The van der Waals surface area contributed by atoms with Crippen LogP contribution in [0.25, 0.3) is 0 Å². The van der Waals surface area contributed by atoms with Crippen molar-refractivity contribution in [3.05, 3.63) is 35.9 Å². The molecule has 0 saturated carbocycles. The second kappa shape index (κ2) is 14.1. The first-order valence-corrected chi connectivity index (χ1v) is 10.4. The zero-order chi connectivity index (χ0) is 23.2. The van der Waals surface area contributed by atoms with Gasteiger partial charge in [0.2, 0.25) is 18.2 Å². The molecular weight excluding hydrogens is 402 g/mol. The summed E-state index contributed by atoms with van der Waals surface area (Å²) in [6.07, 6.45) is 2.28. The minimum absolute atomic E-state index is 0.0442. The number of carbonyl (C=O) groups excluding carboxylic acids is 4. The maximum atomic E-state index is 12.7. The zero-order valence-electron chi connectivity index (χ0n) is 18.5. The Bertz CT molecular complexity index is 710. The quantitative estimate of drug-likeness (QED) is 0.199. The fourth-order valence-electron chi connectivity index (χ4n) is 2.96. The van der Waals surface area contributed by atoms with E-state index in [1.807, 2.05) is 37.3 Å². The molecule has 31 heavy (non-hydrogen) atoms. The summed E-state index contributed by atoms with van der Waals surface area (Å²) in [6, 6.07) is 8.32. The average molecular weight is 436 g/mol. The Hall–Kier alpha value is -2.94. The van der Waals surface area contributed by atoms with E-state index in [-0.39, 0.29) is 38.3 Å². The molecular formula is C22H33N3O6. The SMILES string of the molecule is CCCC[C@H](CN(O)C=O)C(=O)N[C@@H](CCC(=O)OCc1ccccc1)C(=O)N(C)C. The van der Waals surface area contributed by atoms with Crippen LogP contribution in [0.3, 0.4) is 0 Å². The third-order valence-corrected chi connectivity index (χ3v) is 4.74. The van der Waals surface area contributed by atoms with Crippen LogP contribution in [0.2, 0.25) is 0 Å². The number of nitrogens with one attached hydrogen (secondary N) is 1. The number of hydrogen-bond acceptors (Lipinski definition) is 6. The summed E-state index contributed by atoms with van der Waals surface area (Å²) in [5, 5.41) is 12.6. The number of likely N-dealkylation sites (N-methyl/N-ethyl adjacent to an activating group) is 1. The van der Waals surface area contributed by atoms with Gasteiger partial charge in [0, 0.05) is 20.5 Å². The summed E-state index contributed by atoms with van der Waals surface area (Å²) in [5.41, 5.74) is 0.854. The Morgan fingerprint density at radius 2 is 1.84 bits per heavy atom. The summed E-state index contributed by atoms with van der Waals surface area (Å²) in [6.45, 7) is 1.93. The lowest BCUT2D eigenvalue weighted by Crippen LogP contribution is -2.49. The molecule has 1 aromatic carbocycles. The molecule has 9 heteroatoms. The summed E-state index contributed by atoms with van der Waals surface area (Å²) >= 11 is 0. The first-order valence-electron chi connectivity index (χ1n) is 10.4. The largest absolute Gasteiger partial charge is 0.461 e. The Labute approximate surface area is 183 Å². The van der Waals surface area contributed by atoms with Gasteiger partial charge < -0.3 is 15.0 Å². The van der Waals surface area contributed by atoms with Crippen LogP contribution in [0.1, 0.15) is 44.6 Å². The van der Waals surface area contributed by atoms with Gasteiger partial charge in [0.05, 0.1) is 12.5 Å². The third kappa shape index (κ3) is 10.1. The van der Waals surface area contributed by atoms with Crippen molar-refractivity contribution in [3.8, 4) is 0 Å². The summed E-state index contributed by atoms with van der Waals surface area (Å²) in [4.78, 5) is 49.5. The van der Waals surface area contributed by atoms with Crippen molar-refractivity contribution in [3.63, 3.8) is 0 Å². The molecule has 0 unspecified atom stereocenters. The molecule has 0 heterocycles. The summed E-state index contributed by atoms with van der Waals surface area (Å²) in [7, 11) is 3.12. The number of ether oxygens (including phenoxy) is 1. The van der Waals surface area contributed by atoms with Gasteiger partial charge in [-0.3, -0.25) is 24.4 Å². The van der Waals surface area contributed by atoms with Gasteiger partial charge in [-0.2, -0.15) is 0 Å². The maximum Gasteiger partial charge on any atom is 0.306 e. The van der Waals surface area contributed by atoms with E-state index < -0.39 is 23.8 Å². The maximum absolute atomic E-state index is 12.7. The molecule has 0 bridgehead atoms. The Morgan fingerprint density at radius 1 is 1.16 bits per heavy atom. The molecule has 0 radical (unpaired) electrons. The average Bonchev–Trinajstić information content (AvgIpc) is 2.77. The fourth-order valence-corrected chi connectivity index (χ4v) is 2.96. The lowest BCUT2D eigenvalue weighted by atomic mass is 9.99. The number of amides is 3. The van der Waals surface area contributed by atoms with E-state index in [4.69, 9.17) is 4.74 Å². The van der Waals surface area contributed by atoms with E-state index in [1.165, 1.54) is 4.90 Å². The van der Waals surface area contributed by atoms with Gasteiger partial charge in [-0.05, 0) is 18.4 Å². The number of unbranched alkanes of at least 4 members (excludes halogenated alkanes) is 1. The van der Waals surface area contributed by atoms with Crippen LogP contribution in [0, 0.1) is 5.92 Å². The topological polar surface area (TPSA) is 116 Å². The van der Waals surface area contributed by atoms with E-state index in [0.717, 1.165) is 18.4 Å². The monoisotopic (exact) mass is 435 g/mol. The van der Waals surface area contributed by atoms with Gasteiger partial charge in [0.25, 0.3) is 0 Å². The molecule has 2 N–H and O–H groups in total. The smallest absolute Gasteiger partial charge is 0.306 e. The zero-order valence-corrected chi connectivity index (χ0v) is 18.5. The highest BCUT2D eigenvalue weighted by Crippen LogP contribution is 2.12. The number of nitrogens with zero attached hydrogens (tertiary/aromatic N) is 2. The van der Waals surface area contributed by atoms with E-state index in [1.54, 1.807) is 14.1 Å². The molecule has 3 amide bonds. The van der Waals surface area contributed by atoms with E-state index in [2.05, 4.69) is 5.32 Å². The first-order chi connectivity index (χ1) is 14.8. The van der Waals surface area contributed by atoms with Crippen molar-refractivity contribution < 1.29 is 29.1 Å². The van der Waals surface area contributed by atoms with Crippen LogP contribution >= 0.6 is 0 Å². The number of hydroxylamine groups is 2. The number of rotatable bonds is 14. The van der Waals surface area contributed by atoms with E-state index in [0.29, 0.717) is 11.5 Å². The van der Waals surface area contributed by atoms with Crippen LogP contribution in [0.5, 0.6) is 0 Å². The van der Waals surface area contributed by atoms with Crippen LogP contribution in [0.4, 0.5) is 0 Å². The van der Waals surface area contributed by atoms with Gasteiger partial charge in [-0.15, -0.1) is 0 Å². The van der Waals surface area contributed by atoms with Crippen molar-refractivity contribution in [2.24, 2.45) is 5.92 Å². The van der Waals surface area contributed by atoms with Gasteiger partial charge in [-0.25, -0.2) is 5.06 Å². The van der Waals surface area contributed by atoms with Crippen molar-refractivity contribution in [1.29, 1.82) is 0 Å². The number of hydrogen-bond donors (Lipinski definition) is 2. The van der Waals surface area contributed by atoms with Crippen molar-refractivity contribution >= 4 is 24.2 Å². The third-order valence-electron chi connectivity index (χ3n) is 4.74. The molecule has 9 nitrogen and oxygen atoms in total. The molecule has 172 valence electrons. The number of carbonyl (C=O) groups is 4. The van der Waals surface area contributed by atoms with Gasteiger partial charge in [0.1, 0.15) is 12.6 Å². The Morgan fingerprint density at radius 3 is 2.42 bits per heavy atom. The Balaban J connectivity index is 2.71. The highest BCUT2D eigenvalue weighted by Gasteiger charge is 2.28. The minimum Gasteiger partial charge on any atom is -0.461 e. The fraction of sp³-hybridized carbons (Fsp3) is 0.545. The lowest BCUT2D eigenvalue weighted by Gasteiger charge is -2.25. The standard InChI is InChI=1S/C22H33N3O6/c1-4-5-11-18(14-25(30)16-26)21(28)23-19(22(29)24(2)3)12-13-20(27)31-15-17-9-7-6-8-10-17/h6-10,16,18-19,30H,4-5,11-15H2,1-3H3,(H,23,28)/t18-,19+/m1/s1. The van der Waals surface area contributed by atoms with E-state index >= 15 is 0 Å². The molecule has 2 atom stereocenters. The van der Waals surface area contributed by atoms with Crippen LogP contribution in [-0.4, -0.2) is 66.0 Å². The highest BCUT2D eigenvalue weighted by atomic mass is 16.5. The molecule has 0 spiro atoms. The highest BCUT2D eigenvalue weighted by molar-refractivity contribution is 5.88. The molecule has 0 aliphatic carbocycles. The van der Waals surface area contributed by atoms with Crippen molar-refractivity contribution in [2.45, 2.75) is 51.7 Å². The first kappa shape index (κ1) is 26.1. The van der Waals surface area contributed by atoms with Crippen LogP contribution in [-0.2, 0) is 30.5 Å². The lowest BCUT2D eigenvalue weighted by molar-refractivity contribution is -0.155. The Kier molecular flexibility index (Phi) is 11.9. The van der Waals surface area contributed by atoms with Crippen LogP contribution < -0.4 is 5.32 Å². The van der Waals surface area contributed by atoms with Crippen LogP contribution in [0.15, 0.2) is 30.3 Å². The summed E-state index contributed by atoms with van der Waals surface area (Å²) in [5.74, 6) is -1.95. The van der Waals surface area contributed by atoms with Gasteiger partial charge in [-0.1, -0.05) is 50.1 Å².